The summed E-state index contributed by atoms with van der Waals surface area (Å²) in [6.07, 6.45) is 1.64. The summed E-state index contributed by atoms with van der Waals surface area (Å²) in [5.41, 5.74) is 2.27. The molecule has 0 saturated heterocycles. The van der Waals surface area contributed by atoms with Crippen molar-refractivity contribution in [3.63, 3.8) is 0 Å². The van der Waals surface area contributed by atoms with Crippen LogP contribution in [0.25, 0.3) is 11.6 Å². The molecule has 2 aromatic rings. The molecule has 0 unspecified atom stereocenters. The van der Waals surface area contributed by atoms with Crippen molar-refractivity contribution in [2.75, 3.05) is 5.32 Å². The van der Waals surface area contributed by atoms with Crippen LogP contribution in [0.5, 0.6) is 5.75 Å². The average molecular weight is 439 g/mol. The first-order valence-corrected chi connectivity index (χ1v) is 8.04. The van der Waals surface area contributed by atoms with Gasteiger partial charge in [-0.15, -0.1) is 0 Å². The van der Waals surface area contributed by atoms with E-state index in [4.69, 9.17) is 5.11 Å². The number of hydrogen-bond acceptors (Lipinski definition) is 3. The number of aromatic carboxylic acids is 1. The number of carbonyl (C=O) groups is 2. The maximum Gasteiger partial charge on any atom is 0.335 e. The number of amides is 1. The predicted molar refractivity (Wildman–Crippen MR) is 93.4 cm³/mol. The van der Waals surface area contributed by atoms with E-state index < -0.39 is 5.97 Å². The number of anilines is 1. The Hall–Kier alpha value is -2.12. The van der Waals surface area contributed by atoms with E-state index in [2.05, 4.69) is 37.2 Å². The number of phenols is 1. The monoisotopic (exact) mass is 437 g/mol. The first kappa shape index (κ1) is 15.8. The van der Waals surface area contributed by atoms with Crippen molar-refractivity contribution in [2.45, 2.75) is 0 Å². The van der Waals surface area contributed by atoms with Gasteiger partial charge in [0.1, 0.15) is 5.75 Å². The molecule has 0 spiro atoms. The SMILES string of the molecule is O=C1Nc2ccc(C(=O)O)cc2/C1=C/c1cc(Br)c(O)c(Br)c1. The number of aromatic hydroxyl groups is 1. The molecule has 5 nitrogen and oxygen atoms in total. The van der Waals surface area contributed by atoms with Gasteiger partial charge in [-0.3, -0.25) is 4.79 Å². The lowest BCUT2D eigenvalue weighted by atomic mass is 10.0. The molecule has 1 aliphatic rings. The van der Waals surface area contributed by atoms with Crippen LogP contribution >= 0.6 is 31.9 Å². The molecule has 116 valence electrons. The second-order valence-electron chi connectivity index (χ2n) is 4.91. The fraction of sp³-hybridized carbons (Fsp3) is 0. The third-order valence-corrected chi connectivity index (χ3v) is 4.61. The van der Waals surface area contributed by atoms with Crippen molar-refractivity contribution in [3.05, 3.63) is 56.0 Å². The molecule has 0 aliphatic carbocycles. The highest BCUT2D eigenvalue weighted by Gasteiger charge is 2.25. The molecule has 0 atom stereocenters. The minimum atomic E-state index is -1.05. The predicted octanol–water partition coefficient (Wildman–Crippen LogP) is 4.11. The van der Waals surface area contributed by atoms with Crippen LogP contribution in [-0.2, 0) is 4.79 Å². The fourth-order valence-corrected chi connectivity index (χ4v) is 3.52. The van der Waals surface area contributed by atoms with Crippen LogP contribution in [-0.4, -0.2) is 22.1 Å². The highest BCUT2D eigenvalue weighted by atomic mass is 79.9. The second-order valence-corrected chi connectivity index (χ2v) is 6.62. The first-order chi connectivity index (χ1) is 10.9. The van der Waals surface area contributed by atoms with Crippen LogP contribution in [0.4, 0.5) is 5.69 Å². The first-order valence-electron chi connectivity index (χ1n) is 6.45. The summed E-state index contributed by atoms with van der Waals surface area (Å²) in [6, 6.07) is 7.81. The Bertz CT molecular complexity index is 867. The number of phenolic OH excluding ortho intramolecular Hbond substituents is 1. The third kappa shape index (κ3) is 2.89. The zero-order chi connectivity index (χ0) is 16.7. The van der Waals surface area contributed by atoms with Crippen molar-refractivity contribution < 1.29 is 19.8 Å². The topological polar surface area (TPSA) is 86.6 Å². The van der Waals surface area contributed by atoms with Crippen LogP contribution in [0.15, 0.2) is 39.3 Å². The normalized spacial score (nSPS) is 14.7. The summed E-state index contributed by atoms with van der Waals surface area (Å²) in [4.78, 5) is 23.3. The largest absolute Gasteiger partial charge is 0.506 e. The summed E-state index contributed by atoms with van der Waals surface area (Å²) >= 11 is 6.47. The van der Waals surface area contributed by atoms with E-state index in [0.717, 1.165) is 0 Å². The molecule has 7 heteroatoms. The Kier molecular flexibility index (Phi) is 3.99. The third-order valence-electron chi connectivity index (χ3n) is 3.40. The number of carboxylic acids is 1. The molecule has 0 radical (unpaired) electrons. The fourth-order valence-electron chi connectivity index (χ4n) is 2.30. The number of benzene rings is 2. The number of nitrogens with one attached hydrogen (secondary N) is 1. The lowest BCUT2D eigenvalue weighted by Gasteiger charge is -2.04. The van der Waals surface area contributed by atoms with Crippen molar-refractivity contribution in [2.24, 2.45) is 0 Å². The van der Waals surface area contributed by atoms with Crippen LogP contribution in [0.3, 0.4) is 0 Å². The van der Waals surface area contributed by atoms with E-state index in [1.54, 1.807) is 24.3 Å². The van der Waals surface area contributed by atoms with E-state index >= 15 is 0 Å². The van der Waals surface area contributed by atoms with Gasteiger partial charge in [0.25, 0.3) is 5.91 Å². The van der Waals surface area contributed by atoms with Gasteiger partial charge in [-0.2, -0.15) is 0 Å². The quantitative estimate of drug-likeness (QED) is 0.616. The zero-order valence-corrected chi connectivity index (χ0v) is 14.6. The minimum Gasteiger partial charge on any atom is -0.506 e. The van der Waals surface area contributed by atoms with Crippen LogP contribution in [0.2, 0.25) is 0 Å². The Labute approximate surface area is 147 Å². The summed E-state index contributed by atoms with van der Waals surface area (Å²) in [7, 11) is 0. The molecule has 0 aromatic heterocycles. The van der Waals surface area contributed by atoms with Crippen molar-refractivity contribution in [1.29, 1.82) is 0 Å². The van der Waals surface area contributed by atoms with Crippen LogP contribution in [0, 0.1) is 0 Å². The Morgan fingerprint density at radius 3 is 2.39 bits per heavy atom. The Balaban J connectivity index is 2.13. The van der Waals surface area contributed by atoms with Gasteiger partial charge in [0.05, 0.1) is 14.5 Å². The molecular weight excluding hydrogens is 430 g/mol. The van der Waals surface area contributed by atoms with Crippen molar-refractivity contribution >= 4 is 61.1 Å². The molecule has 3 rings (SSSR count). The maximum absolute atomic E-state index is 12.2. The van der Waals surface area contributed by atoms with E-state index in [0.29, 0.717) is 31.3 Å². The molecule has 2 aromatic carbocycles. The number of rotatable bonds is 2. The van der Waals surface area contributed by atoms with Gasteiger partial charge in [-0.25, -0.2) is 4.79 Å². The number of fused-ring (bicyclic) bond motifs is 1. The summed E-state index contributed by atoms with van der Waals surface area (Å²) in [5.74, 6) is -1.29. The smallest absolute Gasteiger partial charge is 0.335 e. The molecule has 3 N–H and O–H groups in total. The highest BCUT2D eigenvalue weighted by molar-refractivity contribution is 9.11. The van der Waals surface area contributed by atoms with E-state index in [1.165, 1.54) is 12.1 Å². The number of hydrogen-bond donors (Lipinski definition) is 3. The Morgan fingerprint density at radius 1 is 1.13 bits per heavy atom. The number of halogens is 2. The summed E-state index contributed by atoms with van der Waals surface area (Å²) < 4.78 is 0.966. The molecule has 1 heterocycles. The number of carbonyl (C=O) groups excluding carboxylic acids is 1. The molecule has 0 bridgehead atoms. The van der Waals surface area contributed by atoms with Crippen LogP contribution in [0.1, 0.15) is 21.5 Å². The van der Waals surface area contributed by atoms with Crippen molar-refractivity contribution in [1.82, 2.24) is 0 Å². The van der Waals surface area contributed by atoms with Gasteiger partial charge in [0, 0.05) is 16.8 Å². The van der Waals surface area contributed by atoms with Crippen LogP contribution < -0.4 is 5.32 Å². The zero-order valence-electron chi connectivity index (χ0n) is 11.4. The average Bonchev–Trinajstić information content (AvgIpc) is 2.80. The van der Waals surface area contributed by atoms with Crippen molar-refractivity contribution in [3.8, 4) is 5.75 Å². The molecular formula is C16H9Br2NO4. The van der Waals surface area contributed by atoms with Gasteiger partial charge >= 0.3 is 5.97 Å². The minimum absolute atomic E-state index is 0.0663. The standard InChI is InChI=1S/C16H9Br2NO4/c17-11-4-7(5-12(18)14(11)20)3-10-9-6-8(16(22)23)1-2-13(9)19-15(10)21/h1-6,20H,(H,19,21)(H,22,23)/b10-3-. The van der Waals surface area contributed by atoms with Gasteiger partial charge in [-0.1, -0.05) is 0 Å². The Morgan fingerprint density at radius 2 is 1.78 bits per heavy atom. The highest BCUT2D eigenvalue weighted by Crippen LogP contribution is 2.37. The van der Waals surface area contributed by atoms with E-state index in [9.17, 15) is 14.7 Å². The summed E-state index contributed by atoms with van der Waals surface area (Å²) in [5, 5.41) is 21.5. The molecule has 0 fully saturated rings. The molecule has 23 heavy (non-hydrogen) atoms. The van der Waals surface area contributed by atoms with Gasteiger partial charge < -0.3 is 15.5 Å². The molecule has 0 saturated carbocycles. The van der Waals surface area contributed by atoms with E-state index in [-0.39, 0.29) is 17.2 Å². The molecule has 1 amide bonds. The maximum atomic E-state index is 12.2. The number of carboxylic acid groups (broad SMARTS) is 1. The summed E-state index contributed by atoms with van der Waals surface area (Å²) in [6.45, 7) is 0. The lowest BCUT2D eigenvalue weighted by Crippen LogP contribution is -2.03. The van der Waals surface area contributed by atoms with E-state index in [1.807, 2.05) is 0 Å². The van der Waals surface area contributed by atoms with Gasteiger partial charge in [0.2, 0.25) is 0 Å². The molecule has 1 aliphatic heterocycles. The second kappa shape index (κ2) is 5.82. The van der Waals surface area contributed by atoms with Gasteiger partial charge in [0.15, 0.2) is 0 Å². The van der Waals surface area contributed by atoms with Gasteiger partial charge in [-0.05, 0) is 73.8 Å². The lowest BCUT2D eigenvalue weighted by molar-refractivity contribution is -0.110.